The first-order valence-electron chi connectivity index (χ1n) is 5.81. The highest BCUT2D eigenvalue weighted by Crippen LogP contribution is 2.24. The van der Waals surface area contributed by atoms with E-state index < -0.39 is 0 Å². The van der Waals surface area contributed by atoms with Crippen LogP contribution in [0, 0.1) is 0 Å². The first-order chi connectivity index (χ1) is 7.78. The molecule has 4 heteroatoms. The van der Waals surface area contributed by atoms with Gasteiger partial charge in [0, 0.05) is 17.5 Å². The fraction of sp³-hybridized carbons (Fsp3) is 0.667. The maximum Gasteiger partial charge on any atom is 0.0931 e. The number of hydrogen-bond donors (Lipinski definition) is 1. The van der Waals surface area contributed by atoms with Gasteiger partial charge in [0.05, 0.1) is 10.4 Å². The van der Waals surface area contributed by atoms with E-state index in [4.69, 9.17) is 16.3 Å². The van der Waals surface area contributed by atoms with Gasteiger partial charge in [-0.05, 0) is 44.9 Å². The van der Waals surface area contributed by atoms with Gasteiger partial charge in [0.2, 0.25) is 0 Å². The molecule has 16 heavy (non-hydrogen) atoms. The number of thiophene rings is 1. The lowest BCUT2D eigenvalue weighted by Crippen LogP contribution is -2.31. The molecule has 0 spiro atoms. The fourth-order valence-corrected chi connectivity index (χ4v) is 3.32. The summed E-state index contributed by atoms with van der Waals surface area (Å²) in [6, 6.07) is 4.59. The van der Waals surface area contributed by atoms with Gasteiger partial charge in [0.25, 0.3) is 0 Å². The van der Waals surface area contributed by atoms with Crippen LogP contribution in [-0.2, 0) is 11.2 Å². The Kier molecular flexibility index (Phi) is 4.65. The SMILES string of the molecule is CNC(Cc1ccc(Cl)s1)CC1CCCO1. The molecule has 1 aliphatic heterocycles. The summed E-state index contributed by atoms with van der Waals surface area (Å²) in [5.74, 6) is 0. The van der Waals surface area contributed by atoms with Crippen LogP contribution >= 0.6 is 22.9 Å². The Hall–Kier alpha value is -0.0900. The third-order valence-corrected chi connectivity index (χ3v) is 4.31. The summed E-state index contributed by atoms with van der Waals surface area (Å²) in [5, 5.41) is 3.37. The van der Waals surface area contributed by atoms with Crippen molar-refractivity contribution in [2.45, 2.75) is 37.8 Å². The van der Waals surface area contributed by atoms with Crippen molar-refractivity contribution < 1.29 is 4.74 Å². The number of likely N-dealkylation sites (N-methyl/N-ethyl adjacent to an activating group) is 1. The van der Waals surface area contributed by atoms with Crippen LogP contribution in [0.1, 0.15) is 24.1 Å². The lowest BCUT2D eigenvalue weighted by Gasteiger charge is -2.19. The van der Waals surface area contributed by atoms with Crippen molar-refractivity contribution in [2.24, 2.45) is 0 Å². The van der Waals surface area contributed by atoms with E-state index in [1.165, 1.54) is 17.7 Å². The second-order valence-electron chi connectivity index (χ2n) is 4.27. The summed E-state index contributed by atoms with van der Waals surface area (Å²) < 4.78 is 6.54. The molecule has 90 valence electrons. The molecule has 1 fully saturated rings. The molecule has 1 aromatic heterocycles. The van der Waals surface area contributed by atoms with Crippen LogP contribution in [0.3, 0.4) is 0 Å². The molecule has 1 aromatic rings. The van der Waals surface area contributed by atoms with E-state index in [0.717, 1.165) is 23.8 Å². The number of hydrogen-bond acceptors (Lipinski definition) is 3. The van der Waals surface area contributed by atoms with E-state index >= 15 is 0 Å². The third kappa shape index (κ3) is 3.45. The van der Waals surface area contributed by atoms with Crippen molar-refractivity contribution in [3.05, 3.63) is 21.3 Å². The first-order valence-corrected chi connectivity index (χ1v) is 7.00. The van der Waals surface area contributed by atoms with Crippen molar-refractivity contribution in [1.82, 2.24) is 5.32 Å². The Morgan fingerprint density at radius 3 is 3.06 bits per heavy atom. The average molecular weight is 260 g/mol. The summed E-state index contributed by atoms with van der Waals surface area (Å²) in [7, 11) is 2.02. The molecule has 0 aromatic carbocycles. The minimum Gasteiger partial charge on any atom is -0.378 e. The smallest absolute Gasteiger partial charge is 0.0931 e. The minimum atomic E-state index is 0.452. The van der Waals surface area contributed by atoms with Crippen LogP contribution in [0.15, 0.2) is 12.1 Å². The van der Waals surface area contributed by atoms with Crippen LogP contribution in [0.2, 0.25) is 4.34 Å². The summed E-state index contributed by atoms with van der Waals surface area (Å²) in [5.41, 5.74) is 0. The second kappa shape index (κ2) is 6.01. The van der Waals surface area contributed by atoms with Gasteiger partial charge in [-0.25, -0.2) is 0 Å². The summed E-state index contributed by atoms with van der Waals surface area (Å²) in [4.78, 5) is 1.35. The van der Waals surface area contributed by atoms with Crippen molar-refractivity contribution in [1.29, 1.82) is 0 Å². The highest BCUT2D eigenvalue weighted by atomic mass is 35.5. The van der Waals surface area contributed by atoms with Crippen LogP contribution in [0.25, 0.3) is 0 Å². The van der Waals surface area contributed by atoms with Gasteiger partial charge in [0.15, 0.2) is 0 Å². The standard InChI is InChI=1S/C12H18ClNOS/c1-14-9(7-10-3-2-6-15-10)8-11-4-5-12(13)16-11/h4-5,9-10,14H,2-3,6-8H2,1H3. The molecular weight excluding hydrogens is 242 g/mol. The van der Waals surface area contributed by atoms with Crippen molar-refractivity contribution >= 4 is 22.9 Å². The van der Waals surface area contributed by atoms with Gasteiger partial charge in [0.1, 0.15) is 0 Å². The Morgan fingerprint density at radius 2 is 2.50 bits per heavy atom. The van der Waals surface area contributed by atoms with Crippen LogP contribution < -0.4 is 5.32 Å². The highest BCUT2D eigenvalue weighted by Gasteiger charge is 2.20. The fourth-order valence-electron chi connectivity index (χ4n) is 2.16. The highest BCUT2D eigenvalue weighted by molar-refractivity contribution is 7.16. The minimum absolute atomic E-state index is 0.452. The van der Waals surface area contributed by atoms with E-state index in [0.29, 0.717) is 12.1 Å². The predicted molar refractivity (Wildman–Crippen MR) is 69.5 cm³/mol. The summed E-state index contributed by atoms with van der Waals surface area (Å²) in [6.07, 6.45) is 5.03. The summed E-state index contributed by atoms with van der Waals surface area (Å²) in [6.45, 7) is 0.936. The van der Waals surface area contributed by atoms with Crippen LogP contribution in [0.4, 0.5) is 0 Å². The van der Waals surface area contributed by atoms with Gasteiger partial charge in [-0.1, -0.05) is 11.6 Å². The first kappa shape index (κ1) is 12.4. The zero-order chi connectivity index (χ0) is 11.4. The Morgan fingerprint density at radius 1 is 1.62 bits per heavy atom. The lowest BCUT2D eigenvalue weighted by atomic mass is 10.0. The Labute approximate surface area is 106 Å². The van der Waals surface area contributed by atoms with Gasteiger partial charge < -0.3 is 10.1 Å². The Balaban J connectivity index is 1.84. The topological polar surface area (TPSA) is 21.3 Å². The molecule has 1 aliphatic rings. The van der Waals surface area contributed by atoms with E-state index in [1.54, 1.807) is 11.3 Å². The third-order valence-electron chi connectivity index (χ3n) is 3.06. The van der Waals surface area contributed by atoms with Crippen LogP contribution in [-0.4, -0.2) is 25.8 Å². The maximum atomic E-state index is 5.93. The van der Waals surface area contributed by atoms with E-state index in [1.807, 2.05) is 13.1 Å². The van der Waals surface area contributed by atoms with E-state index in [-0.39, 0.29) is 0 Å². The molecule has 2 heterocycles. The van der Waals surface area contributed by atoms with E-state index in [2.05, 4.69) is 11.4 Å². The largest absolute Gasteiger partial charge is 0.378 e. The quantitative estimate of drug-likeness (QED) is 0.877. The van der Waals surface area contributed by atoms with Crippen molar-refractivity contribution in [2.75, 3.05) is 13.7 Å². The monoisotopic (exact) mass is 259 g/mol. The number of halogens is 1. The predicted octanol–water partition coefficient (Wildman–Crippen LogP) is 3.10. The summed E-state index contributed by atoms with van der Waals surface area (Å²) >= 11 is 7.60. The molecule has 2 rings (SSSR count). The molecule has 1 saturated heterocycles. The van der Waals surface area contributed by atoms with Gasteiger partial charge >= 0.3 is 0 Å². The van der Waals surface area contributed by atoms with Gasteiger partial charge in [-0.15, -0.1) is 11.3 Å². The Bertz CT molecular complexity index is 323. The molecule has 0 radical (unpaired) electrons. The molecule has 0 bridgehead atoms. The van der Waals surface area contributed by atoms with Gasteiger partial charge in [-0.2, -0.15) is 0 Å². The second-order valence-corrected chi connectivity index (χ2v) is 6.07. The molecule has 0 saturated carbocycles. The molecule has 2 atom stereocenters. The molecule has 2 unspecified atom stereocenters. The zero-order valence-electron chi connectivity index (χ0n) is 9.54. The number of rotatable bonds is 5. The molecule has 0 aliphatic carbocycles. The maximum absolute atomic E-state index is 5.93. The lowest BCUT2D eigenvalue weighted by molar-refractivity contribution is 0.0955. The van der Waals surface area contributed by atoms with Crippen LogP contribution in [0.5, 0.6) is 0 Å². The van der Waals surface area contributed by atoms with E-state index in [9.17, 15) is 0 Å². The number of ether oxygens (including phenoxy) is 1. The number of nitrogens with one attached hydrogen (secondary N) is 1. The molecular formula is C12H18ClNOS. The van der Waals surface area contributed by atoms with Crippen molar-refractivity contribution in [3.8, 4) is 0 Å². The molecule has 0 amide bonds. The normalized spacial score (nSPS) is 22.5. The van der Waals surface area contributed by atoms with Gasteiger partial charge in [-0.3, -0.25) is 0 Å². The molecule has 1 N–H and O–H groups in total. The average Bonchev–Trinajstić information content (AvgIpc) is 2.89. The van der Waals surface area contributed by atoms with Crippen molar-refractivity contribution in [3.63, 3.8) is 0 Å². The molecule has 2 nitrogen and oxygen atoms in total. The zero-order valence-corrected chi connectivity index (χ0v) is 11.1.